The van der Waals surface area contributed by atoms with E-state index in [1.165, 1.54) is 4.31 Å². The molecule has 0 radical (unpaired) electrons. The fourth-order valence-electron chi connectivity index (χ4n) is 3.45. The van der Waals surface area contributed by atoms with Gasteiger partial charge >= 0.3 is 0 Å². The van der Waals surface area contributed by atoms with Gasteiger partial charge in [-0.15, -0.1) is 0 Å². The van der Waals surface area contributed by atoms with Crippen LogP contribution in [0.15, 0.2) is 34.7 Å². The molecule has 3 rings (SSSR count). The molecule has 29 heavy (non-hydrogen) atoms. The first kappa shape index (κ1) is 21.7. The van der Waals surface area contributed by atoms with E-state index in [-0.39, 0.29) is 28.0 Å². The molecule has 3 heterocycles. The van der Waals surface area contributed by atoms with Crippen LogP contribution in [0.4, 0.5) is 0 Å². The largest absolute Gasteiger partial charge is 0.334 e. The Bertz CT molecular complexity index is 1010. The van der Waals surface area contributed by atoms with Crippen molar-refractivity contribution in [2.75, 3.05) is 13.1 Å². The van der Waals surface area contributed by atoms with Gasteiger partial charge in [0, 0.05) is 43.4 Å². The van der Waals surface area contributed by atoms with Gasteiger partial charge in [-0.05, 0) is 32.6 Å². The van der Waals surface area contributed by atoms with Crippen LogP contribution >= 0.6 is 0 Å². The molecule has 0 spiro atoms. The minimum atomic E-state index is -3.58. The summed E-state index contributed by atoms with van der Waals surface area (Å²) in [6.07, 6.45) is 6.18. The monoisotopic (exact) mass is 421 g/mol. The van der Waals surface area contributed by atoms with Gasteiger partial charge in [0.1, 0.15) is 0 Å². The highest BCUT2D eigenvalue weighted by Gasteiger charge is 2.31. The smallest absolute Gasteiger partial charge is 0.262 e. The van der Waals surface area contributed by atoms with E-state index in [9.17, 15) is 13.2 Å². The maximum Gasteiger partial charge on any atom is 0.262 e. The number of rotatable bonds is 5. The van der Waals surface area contributed by atoms with Crippen molar-refractivity contribution >= 4 is 10.0 Å². The van der Waals surface area contributed by atoms with Crippen molar-refractivity contribution in [1.29, 1.82) is 0 Å². The number of aromatic nitrogens is 4. The van der Waals surface area contributed by atoms with Crippen LogP contribution in [-0.2, 0) is 22.0 Å². The number of hydrogen-bond acceptors (Lipinski definition) is 5. The van der Waals surface area contributed by atoms with Crippen LogP contribution in [-0.4, -0.2) is 44.9 Å². The number of sulfonamides is 1. The Morgan fingerprint density at radius 3 is 2.31 bits per heavy atom. The quantitative estimate of drug-likeness (QED) is 0.740. The van der Waals surface area contributed by atoms with Gasteiger partial charge in [-0.25, -0.2) is 18.4 Å². The molecule has 1 aliphatic heterocycles. The zero-order valence-corrected chi connectivity index (χ0v) is 18.7. The zero-order valence-electron chi connectivity index (χ0n) is 17.9. The average Bonchev–Trinajstić information content (AvgIpc) is 3.14. The van der Waals surface area contributed by atoms with Gasteiger partial charge in [0.2, 0.25) is 0 Å². The van der Waals surface area contributed by atoms with Crippen LogP contribution in [0.2, 0.25) is 0 Å². The van der Waals surface area contributed by atoms with Crippen molar-refractivity contribution in [3.8, 4) is 0 Å². The lowest BCUT2D eigenvalue weighted by molar-refractivity contribution is 0.250. The van der Waals surface area contributed by atoms with Crippen molar-refractivity contribution in [2.45, 2.75) is 70.5 Å². The molecule has 0 atom stereocenters. The Morgan fingerprint density at radius 2 is 1.79 bits per heavy atom. The van der Waals surface area contributed by atoms with E-state index >= 15 is 0 Å². The summed E-state index contributed by atoms with van der Waals surface area (Å²) >= 11 is 0. The fourth-order valence-corrected chi connectivity index (χ4v) is 4.84. The van der Waals surface area contributed by atoms with Crippen LogP contribution < -0.4 is 5.56 Å². The van der Waals surface area contributed by atoms with Gasteiger partial charge in [0.05, 0.1) is 18.3 Å². The second kappa shape index (κ2) is 8.02. The van der Waals surface area contributed by atoms with E-state index in [1.54, 1.807) is 34.1 Å². The van der Waals surface area contributed by atoms with Crippen molar-refractivity contribution < 1.29 is 8.42 Å². The molecule has 0 N–H and O–H groups in total. The maximum absolute atomic E-state index is 12.9. The molecule has 0 aliphatic carbocycles. The summed E-state index contributed by atoms with van der Waals surface area (Å²) in [5, 5.41) is 0.0999. The number of piperidine rings is 1. The van der Waals surface area contributed by atoms with Crippen molar-refractivity contribution in [3.05, 3.63) is 41.0 Å². The van der Waals surface area contributed by atoms with Gasteiger partial charge in [-0.1, -0.05) is 20.8 Å². The topological polar surface area (TPSA) is 90.1 Å². The fraction of sp³-hybridized carbons (Fsp3) is 0.650. The standard InChI is InChI=1S/C20H31N5O3S/c1-15(2)23-12-18(22-14-23)29(27,28)25-8-6-16(7-9-25)11-24-13-21-17(10-19(24)26)20(3,4)5/h10,12-16H,6-9,11H2,1-5H3. The minimum Gasteiger partial charge on any atom is -0.334 e. The van der Waals surface area contributed by atoms with Crippen molar-refractivity contribution in [2.24, 2.45) is 5.92 Å². The van der Waals surface area contributed by atoms with Crippen molar-refractivity contribution in [3.63, 3.8) is 0 Å². The molecular formula is C20H31N5O3S. The first-order chi connectivity index (χ1) is 13.5. The first-order valence-corrected chi connectivity index (χ1v) is 11.5. The van der Waals surface area contributed by atoms with Crippen LogP contribution in [0.25, 0.3) is 0 Å². The van der Waals surface area contributed by atoms with Crippen LogP contribution in [0.1, 0.15) is 59.2 Å². The molecule has 1 saturated heterocycles. The van der Waals surface area contributed by atoms with Crippen molar-refractivity contribution in [1.82, 2.24) is 23.4 Å². The van der Waals surface area contributed by atoms with Crippen LogP contribution in [0, 0.1) is 5.92 Å². The summed E-state index contributed by atoms with van der Waals surface area (Å²) in [5.74, 6) is 0.245. The SMILES string of the molecule is CC(C)n1cnc(S(=O)(=O)N2CCC(Cn3cnc(C(C)(C)C)cc3=O)CC2)c1. The predicted molar refractivity (Wildman–Crippen MR) is 111 cm³/mol. The molecule has 0 aromatic carbocycles. The lowest BCUT2D eigenvalue weighted by Crippen LogP contribution is -2.40. The molecule has 0 unspecified atom stereocenters. The third-order valence-corrected chi connectivity index (χ3v) is 7.24. The van der Waals surface area contributed by atoms with E-state index in [4.69, 9.17) is 0 Å². The summed E-state index contributed by atoms with van der Waals surface area (Å²) < 4.78 is 30.6. The molecular weight excluding hydrogens is 390 g/mol. The van der Waals surface area contributed by atoms with E-state index in [0.29, 0.717) is 32.5 Å². The summed E-state index contributed by atoms with van der Waals surface area (Å²) in [5.41, 5.74) is 0.556. The van der Waals surface area contributed by atoms with Gasteiger partial charge < -0.3 is 4.57 Å². The second-order valence-corrected chi connectivity index (χ2v) is 11.0. The van der Waals surface area contributed by atoms with E-state index < -0.39 is 10.0 Å². The third kappa shape index (κ3) is 4.78. The van der Waals surface area contributed by atoms with E-state index in [0.717, 1.165) is 5.69 Å². The number of nitrogens with zero attached hydrogens (tertiary/aromatic N) is 5. The molecule has 2 aromatic rings. The van der Waals surface area contributed by atoms with Gasteiger partial charge in [-0.3, -0.25) is 9.36 Å². The minimum absolute atomic E-state index is 0.0563. The van der Waals surface area contributed by atoms with Crippen LogP contribution in [0.3, 0.4) is 0 Å². The Hall–Kier alpha value is -2.00. The molecule has 160 valence electrons. The molecule has 9 heteroatoms. The predicted octanol–water partition coefficient (Wildman–Crippen LogP) is 2.42. The maximum atomic E-state index is 12.9. The Morgan fingerprint density at radius 1 is 1.14 bits per heavy atom. The van der Waals surface area contributed by atoms with Gasteiger partial charge in [-0.2, -0.15) is 4.31 Å². The molecule has 0 bridgehead atoms. The summed E-state index contributed by atoms with van der Waals surface area (Å²) in [6.45, 7) is 11.5. The first-order valence-electron chi connectivity index (χ1n) is 10.1. The highest BCUT2D eigenvalue weighted by Crippen LogP contribution is 2.24. The summed E-state index contributed by atoms with van der Waals surface area (Å²) in [4.78, 5) is 21.0. The number of imidazole rings is 1. The Balaban J connectivity index is 1.64. The Labute approximate surface area is 172 Å². The van der Waals surface area contributed by atoms with Crippen LogP contribution in [0.5, 0.6) is 0 Å². The lowest BCUT2D eigenvalue weighted by Gasteiger charge is -2.31. The van der Waals surface area contributed by atoms with E-state index in [2.05, 4.69) is 9.97 Å². The third-order valence-electron chi connectivity index (χ3n) is 5.45. The van der Waals surface area contributed by atoms with E-state index in [1.807, 2.05) is 34.6 Å². The highest BCUT2D eigenvalue weighted by molar-refractivity contribution is 7.89. The zero-order chi connectivity index (χ0) is 21.4. The molecule has 1 fully saturated rings. The normalized spacial score (nSPS) is 17.2. The average molecular weight is 422 g/mol. The number of hydrogen-bond donors (Lipinski definition) is 0. The molecule has 0 saturated carbocycles. The summed E-state index contributed by atoms with van der Waals surface area (Å²) in [7, 11) is -3.58. The summed E-state index contributed by atoms with van der Waals surface area (Å²) in [6, 6.07) is 1.76. The molecule has 2 aromatic heterocycles. The lowest BCUT2D eigenvalue weighted by atomic mass is 9.92. The van der Waals surface area contributed by atoms with Gasteiger partial charge in [0.25, 0.3) is 15.6 Å². The Kier molecular flexibility index (Phi) is 6.01. The molecule has 1 aliphatic rings. The molecule has 0 amide bonds. The second-order valence-electron chi connectivity index (χ2n) is 9.12. The molecule has 8 nitrogen and oxygen atoms in total. The van der Waals surface area contributed by atoms with Gasteiger partial charge in [0.15, 0.2) is 5.03 Å². The highest BCUT2D eigenvalue weighted by atomic mass is 32.2.